The van der Waals surface area contributed by atoms with Crippen LogP contribution < -0.4 is 0 Å². The van der Waals surface area contributed by atoms with E-state index in [-0.39, 0.29) is 11.9 Å². The molecule has 0 saturated carbocycles. The minimum atomic E-state index is -0.801. The van der Waals surface area contributed by atoms with Crippen LogP contribution in [0.5, 0.6) is 0 Å². The van der Waals surface area contributed by atoms with Crippen LogP contribution in [0.1, 0.15) is 12.5 Å². The molecule has 0 spiro atoms. The van der Waals surface area contributed by atoms with Gasteiger partial charge in [0.25, 0.3) is 0 Å². The van der Waals surface area contributed by atoms with Crippen molar-refractivity contribution in [3.05, 3.63) is 35.9 Å². The third kappa shape index (κ3) is 3.25. The normalized spacial score (nSPS) is 27.3. The van der Waals surface area contributed by atoms with Crippen LogP contribution in [-0.2, 0) is 20.1 Å². The molecule has 0 amide bonds. The molecule has 1 aromatic rings. The molecule has 1 fully saturated rings. The maximum Gasteiger partial charge on any atom is 0.313 e. The molecule has 0 aliphatic carbocycles. The van der Waals surface area contributed by atoms with Crippen molar-refractivity contribution in [2.45, 2.75) is 18.8 Å². The summed E-state index contributed by atoms with van der Waals surface area (Å²) in [5.74, 6) is -0.781. The molecule has 2 unspecified atom stereocenters. The number of ether oxygens (including phenoxy) is 2. The largest absolute Gasteiger partial charge is 0.481 e. The summed E-state index contributed by atoms with van der Waals surface area (Å²) in [6.45, 7) is 2.39. The van der Waals surface area contributed by atoms with Gasteiger partial charge in [-0.25, -0.2) is 0 Å². The number of carboxylic acids is 1. The Bertz CT molecular complexity index is 409. The molecule has 2 atom stereocenters. The van der Waals surface area contributed by atoms with E-state index in [0.29, 0.717) is 12.4 Å². The fourth-order valence-electron chi connectivity index (χ4n) is 1.89. The summed E-state index contributed by atoms with van der Waals surface area (Å²) < 4.78 is 11.6. The number of hydrogen-bond donors (Lipinski definition) is 1. The van der Waals surface area contributed by atoms with Crippen molar-refractivity contribution >= 4 is 17.7 Å². The van der Waals surface area contributed by atoms with Gasteiger partial charge in [0.1, 0.15) is 0 Å². The van der Waals surface area contributed by atoms with Crippen molar-refractivity contribution in [2.75, 3.05) is 18.1 Å². The Kier molecular flexibility index (Phi) is 4.27. The van der Waals surface area contributed by atoms with Crippen LogP contribution >= 0.6 is 11.8 Å². The standard InChI is InChI=1S/C13H16O4S/c1-13(10-5-3-2-4-6-10)16-7-11(17-13)8-18-9-12(14)15/h2-6,11H,7-9H2,1H3,(H,14,15). The lowest BCUT2D eigenvalue weighted by Crippen LogP contribution is -2.24. The summed E-state index contributed by atoms with van der Waals surface area (Å²) in [5.41, 5.74) is 0.982. The monoisotopic (exact) mass is 268 g/mol. The first-order valence-electron chi connectivity index (χ1n) is 5.77. The second-order valence-corrected chi connectivity index (χ2v) is 5.30. The van der Waals surface area contributed by atoms with Crippen molar-refractivity contribution in [1.82, 2.24) is 0 Å². The highest BCUT2D eigenvalue weighted by atomic mass is 32.2. The SMILES string of the molecule is CC1(c2ccccc2)OCC(CSCC(=O)O)O1. The van der Waals surface area contributed by atoms with Crippen LogP contribution in [0.25, 0.3) is 0 Å². The molecule has 0 aromatic heterocycles. The molecule has 1 aliphatic heterocycles. The van der Waals surface area contributed by atoms with Crippen molar-refractivity contribution in [3.8, 4) is 0 Å². The Labute approximate surface area is 110 Å². The number of thioether (sulfide) groups is 1. The van der Waals surface area contributed by atoms with Crippen molar-refractivity contribution in [2.24, 2.45) is 0 Å². The van der Waals surface area contributed by atoms with Gasteiger partial charge < -0.3 is 14.6 Å². The first-order chi connectivity index (χ1) is 8.60. The van der Waals surface area contributed by atoms with E-state index in [1.807, 2.05) is 37.3 Å². The van der Waals surface area contributed by atoms with Crippen LogP contribution in [-0.4, -0.2) is 35.3 Å². The highest BCUT2D eigenvalue weighted by Gasteiger charge is 2.38. The number of carboxylic acid groups (broad SMARTS) is 1. The molecule has 0 radical (unpaired) electrons. The molecule has 4 nitrogen and oxygen atoms in total. The average Bonchev–Trinajstić information content (AvgIpc) is 2.73. The first-order valence-corrected chi connectivity index (χ1v) is 6.92. The number of benzene rings is 1. The van der Waals surface area contributed by atoms with Gasteiger partial charge in [-0.15, -0.1) is 11.8 Å². The van der Waals surface area contributed by atoms with E-state index in [0.717, 1.165) is 5.56 Å². The zero-order valence-electron chi connectivity index (χ0n) is 10.2. The lowest BCUT2D eigenvalue weighted by Gasteiger charge is -2.23. The molecule has 1 aromatic carbocycles. The summed E-state index contributed by atoms with van der Waals surface area (Å²) in [6.07, 6.45) is -0.0560. The van der Waals surface area contributed by atoms with Crippen molar-refractivity contribution in [3.63, 3.8) is 0 Å². The van der Waals surface area contributed by atoms with Gasteiger partial charge in [0, 0.05) is 11.3 Å². The summed E-state index contributed by atoms with van der Waals surface area (Å²) in [4.78, 5) is 10.4. The predicted octanol–water partition coefficient (Wildman–Crippen LogP) is 2.09. The topological polar surface area (TPSA) is 55.8 Å². The molecule has 98 valence electrons. The van der Waals surface area contributed by atoms with Gasteiger partial charge in [-0.05, 0) is 6.92 Å². The second-order valence-electron chi connectivity index (χ2n) is 4.27. The molecule has 1 aliphatic rings. The first kappa shape index (κ1) is 13.4. The summed E-state index contributed by atoms with van der Waals surface area (Å²) in [7, 11) is 0. The molecule has 18 heavy (non-hydrogen) atoms. The van der Waals surface area contributed by atoms with E-state index >= 15 is 0 Å². The van der Waals surface area contributed by atoms with E-state index in [1.165, 1.54) is 11.8 Å². The summed E-state index contributed by atoms with van der Waals surface area (Å²) >= 11 is 1.35. The van der Waals surface area contributed by atoms with Gasteiger partial charge in [-0.2, -0.15) is 0 Å². The quantitative estimate of drug-likeness (QED) is 0.886. The van der Waals surface area contributed by atoms with E-state index in [9.17, 15) is 4.79 Å². The third-order valence-corrected chi connectivity index (χ3v) is 3.82. The number of aliphatic carboxylic acids is 1. The van der Waals surface area contributed by atoms with Crippen molar-refractivity contribution in [1.29, 1.82) is 0 Å². The van der Waals surface area contributed by atoms with Crippen LogP contribution in [0.3, 0.4) is 0 Å². The van der Waals surface area contributed by atoms with Gasteiger partial charge in [0.2, 0.25) is 0 Å². The fourth-order valence-corrected chi connectivity index (χ4v) is 2.61. The number of hydrogen-bond acceptors (Lipinski definition) is 4. The highest BCUT2D eigenvalue weighted by molar-refractivity contribution is 7.99. The van der Waals surface area contributed by atoms with Gasteiger partial charge in [-0.1, -0.05) is 30.3 Å². The van der Waals surface area contributed by atoms with Crippen LogP contribution in [0.2, 0.25) is 0 Å². The van der Waals surface area contributed by atoms with E-state index < -0.39 is 11.8 Å². The Hall–Kier alpha value is -1.04. The average molecular weight is 268 g/mol. The Balaban J connectivity index is 1.89. The maximum atomic E-state index is 10.4. The van der Waals surface area contributed by atoms with Gasteiger partial charge in [-0.3, -0.25) is 4.79 Å². The molecular formula is C13H16O4S. The van der Waals surface area contributed by atoms with Crippen molar-refractivity contribution < 1.29 is 19.4 Å². The Morgan fingerprint density at radius 2 is 2.22 bits per heavy atom. The molecule has 1 saturated heterocycles. The summed E-state index contributed by atoms with van der Waals surface area (Å²) in [5, 5.41) is 8.58. The van der Waals surface area contributed by atoms with Crippen LogP contribution in [0.4, 0.5) is 0 Å². The lowest BCUT2D eigenvalue weighted by atomic mass is 10.1. The molecule has 1 heterocycles. The summed E-state index contributed by atoms with van der Waals surface area (Å²) in [6, 6.07) is 9.77. The van der Waals surface area contributed by atoms with E-state index in [4.69, 9.17) is 14.6 Å². The maximum absolute atomic E-state index is 10.4. The minimum Gasteiger partial charge on any atom is -0.481 e. The fraction of sp³-hybridized carbons (Fsp3) is 0.462. The third-order valence-electron chi connectivity index (χ3n) is 2.76. The minimum absolute atomic E-state index is 0.0560. The molecule has 1 N–H and O–H groups in total. The van der Waals surface area contributed by atoms with Gasteiger partial charge >= 0.3 is 5.97 Å². The zero-order valence-corrected chi connectivity index (χ0v) is 11.0. The molecular weight excluding hydrogens is 252 g/mol. The molecule has 2 rings (SSSR count). The smallest absolute Gasteiger partial charge is 0.313 e. The van der Waals surface area contributed by atoms with Crippen LogP contribution in [0.15, 0.2) is 30.3 Å². The number of carbonyl (C=O) groups is 1. The number of rotatable bonds is 5. The predicted molar refractivity (Wildman–Crippen MR) is 69.6 cm³/mol. The van der Waals surface area contributed by atoms with E-state index in [2.05, 4.69) is 0 Å². The van der Waals surface area contributed by atoms with E-state index in [1.54, 1.807) is 0 Å². The zero-order chi connectivity index (χ0) is 13.0. The Morgan fingerprint density at radius 3 is 2.89 bits per heavy atom. The van der Waals surface area contributed by atoms with Gasteiger partial charge in [0.05, 0.1) is 18.5 Å². The van der Waals surface area contributed by atoms with Crippen LogP contribution in [0, 0.1) is 0 Å². The van der Waals surface area contributed by atoms with Gasteiger partial charge in [0.15, 0.2) is 5.79 Å². The molecule has 5 heteroatoms. The molecule has 0 bridgehead atoms. The Morgan fingerprint density at radius 1 is 1.50 bits per heavy atom. The lowest BCUT2D eigenvalue weighted by molar-refractivity contribution is -0.159. The highest BCUT2D eigenvalue weighted by Crippen LogP contribution is 2.34. The second kappa shape index (κ2) is 5.73.